The highest BCUT2D eigenvalue weighted by Crippen LogP contribution is 2.26. The summed E-state index contributed by atoms with van der Waals surface area (Å²) in [5, 5.41) is 96.4. The van der Waals surface area contributed by atoms with Crippen LogP contribution in [0.15, 0.2) is 0 Å². The average Bonchev–Trinajstić information content (AvgIpc) is 2.65. The van der Waals surface area contributed by atoms with E-state index in [1.807, 2.05) is 0 Å². The summed E-state index contributed by atoms with van der Waals surface area (Å²) in [6.45, 7) is -1.50. The van der Waals surface area contributed by atoms with Gasteiger partial charge in [0.05, 0.1) is 13.2 Å². The van der Waals surface area contributed by atoms with Crippen molar-refractivity contribution < 1.29 is 65.3 Å². The zero-order valence-corrected chi connectivity index (χ0v) is 14.0. The molecule has 0 aromatic rings. The van der Waals surface area contributed by atoms with Crippen molar-refractivity contribution >= 4 is 0 Å². The van der Waals surface area contributed by atoms with Gasteiger partial charge >= 0.3 is 0 Å². The van der Waals surface area contributed by atoms with Gasteiger partial charge in [-0.05, 0) is 0 Å². The molecule has 0 aliphatic carbocycles. The maximum atomic E-state index is 10.1. The molecule has 0 saturated carbocycles. The van der Waals surface area contributed by atoms with Gasteiger partial charge < -0.3 is 65.3 Å². The van der Waals surface area contributed by atoms with Crippen LogP contribution in [0, 0.1) is 0 Å². The van der Waals surface area contributed by atoms with Crippen molar-refractivity contribution in [1.29, 1.82) is 0 Å². The number of aliphatic hydroxyl groups is 10. The molecule has 0 aromatic heterocycles. The Balaban J connectivity index is 1.97. The maximum absolute atomic E-state index is 10.1. The standard InChI is InChI=1S/C14H26O13/c15-1-3(16)11-8(21)6(19)10(23)14(27-11)25-2-4(17)12-7(20)5(18)9(22)13(24)26-12/h3-24H,1-2H2/t3-,4-,5-,6-,7-,8-,9-,10-,11+,12+,13?,14-/m0/s1. The molecule has 2 rings (SSSR count). The number of rotatable bonds is 6. The molecule has 160 valence electrons. The molecule has 0 radical (unpaired) electrons. The Kier molecular flexibility index (Phi) is 7.86. The monoisotopic (exact) mass is 402 g/mol. The van der Waals surface area contributed by atoms with Crippen molar-refractivity contribution in [3.63, 3.8) is 0 Å². The predicted octanol–water partition coefficient (Wildman–Crippen LogP) is -6.68. The Morgan fingerprint density at radius 3 is 1.74 bits per heavy atom. The first-order chi connectivity index (χ1) is 12.6. The summed E-state index contributed by atoms with van der Waals surface area (Å²) >= 11 is 0. The van der Waals surface area contributed by atoms with E-state index >= 15 is 0 Å². The van der Waals surface area contributed by atoms with Gasteiger partial charge in [0.2, 0.25) is 0 Å². The molecule has 0 bridgehead atoms. The Morgan fingerprint density at radius 2 is 1.19 bits per heavy atom. The zero-order chi connectivity index (χ0) is 20.5. The van der Waals surface area contributed by atoms with Crippen LogP contribution in [-0.2, 0) is 14.2 Å². The third-order valence-electron chi connectivity index (χ3n) is 4.61. The second-order valence-corrected chi connectivity index (χ2v) is 6.55. The lowest BCUT2D eigenvalue weighted by Crippen LogP contribution is -2.63. The fourth-order valence-electron chi connectivity index (χ4n) is 2.93. The normalized spacial score (nSPS) is 48.2. The van der Waals surface area contributed by atoms with Crippen LogP contribution in [-0.4, -0.2) is 138 Å². The van der Waals surface area contributed by atoms with Gasteiger partial charge in [0.1, 0.15) is 61.0 Å². The van der Waals surface area contributed by atoms with Crippen molar-refractivity contribution in [2.24, 2.45) is 0 Å². The molecular weight excluding hydrogens is 376 g/mol. The molecule has 1 unspecified atom stereocenters. The quantitative estimate of drug-likeness (QED) is 0.199. The smallest absolute Gasteiger partial charge is 0.186 e. The summed E-state index contributed by atoms with van der Waals surface area (Å²) in [6.07, 6.45) is -20.5. The molecule has 12 atom stereocenters. The molecular formula is C14H26O13. The highest BCUT2D eigenvalue weighted by atomic mass is 16.7. The molecule has 13 heteroatoms. The second kappa shape index (κ2) is 9.32. The maximum Gasteiger partial charge on any atom is 0.186 e. The first kappa shape index (κ1) is 22.8. The molecule has 0 spiro atoms. The largest absolute Gasteiger partial charge is 0.394 e. The molecule has 2 fully saturated rings. The average molecular weight is 402 g/mol. The van der Waals surface area contributed by atoms with E-state index in [4.69, 9.17) is 19.3 Å². The lowest BCUT2D eigenvalue weighted by molar-refractivity contribution is -0.326. The van der Waals surface area contributed by atoms with Crippen LogP contribution >= 0.6 is 0 Å². The SMILES string of the molecule is OC[C@H](O)[C@H]1O[C@H](OC[C@H](O)[C@H]2OC(O)[C@@H](O)[C@@H](O)[C@@H]2O)[C@@H](O)[C@@H](O)[C@@H]1O. The van der Waals surface area contributed by atoms with E-state index in [-0.39, 0.29) is 0 Å². The van der Waals surface area contributed by atoms with Crippen LogP contribution in [0.5, 0.6) is 0 Å². The highest BCUT2D eigenvalue weighted by molar-refractivity contribution is 4.94. The summed E-state index contributed by atoms with van der Waals surface area (Å²) in [4.78, 5) is 0. The van der Waals surface area contributed by atoms with Crippen LogP contribution in [0.2, 0.25) is 0 Å². The lowest BCUT2D eigenvalue weighted by Gasteiger charge is -2.43. The van der Waals surface area contributed by atoms with Gasteiger partial charge in [-0.3, -0.25) is 0 Å². The Hall–Kier alpha value is -0.520. The van der Waals surface area contributed by atoms with Crippen molar-refractivity contribution in [2.45, 2.75) is 73.6 Å². The molecule has 0 aromatic carbocycles. The summed E-state index contributed by atoms with van der Waals surface area (Å²) < 4.78 is 15.0. The fourth-order valence-corrected chi connectivity index (χ4v) is 2.93. The number of hydrogen-bond acceptors (Lipinski definition) is 13. The van der Waals surface area contributed by atoms with E-state index in [2.05, 4.69) is 0 Å². The first-order valence-corrected chi connectivity index (χ1v) is 8.26. The first-order valence-electron chi connectivity index (χ1n) is 8.26. The molecule has 2 aliphatic heterocycles. The fraction of sp³-hybridized carbons (Fsp3) is 1.00. The third-order valence-corrected chi connectivity index (χ3v) is 4.61. The summed E-state index contributed by atoms with van der Waals surface area (Å²) in [5.41, 5.74) is 0. The van der Waals surface area contributed by atoms with Crippen LogP contribution < -0.4 is 0 Å². The van der Waals surface area contributed by atoms with E-state index in [1.54, 1.807) is 0 Å². The van der Waals surface area contributed by atoms with Crippen molar-refractivity contribution in [1.82, 2.24) is 0 Å². The zero-order valence-electron chi connectivity index (χ0n) is 14.0. The lowest BCUT2D eigenvalue weighted by atomic mass is 9.95. The van der Waals surface area contributed by atoms with Gasteiger partial charge in [-0.2, -0.15) is 0 Å². The van der Waals surface area contributed by atoms with Gasteiger partial charge in [0.25, 0.3) is 0 Å². The van der Waals surface area contributed by atoms with Crippen molar-refractivity contribution in [3.05, 3.63) is 0 Å². The van der Waals surface area contributed by atoms with E-state index < -0.39 is 86.8 Å². The van der Waals surface area contributed by atoms with Crippen molar-refractivity contribution in [3.8, 4) is 0 Å². The Morgan fingerprint density at radius 1 is 0.667 bits per heavy atom. The molecule has 2 aliphatic rings. The van der Waals surface area contributed by atoms with E-state index in [0.29, 0.717) is 0 Å². The molecule has 27 heavy (non-hydrogen) atoms. The molecule has 2 saturated heterocycles. The van der Waals surface area contributed by atoms with Crippen molar-refractivity contribution in [2.75, 3.05) is 13.2 Å². The van der Waals surface area contributed by atoms with Gasteiger partial charge in [-0.25, -0.2) is 0 Å². The number of aliphatic hydroxyl groups excluding tert-OH is 10. The van der Waals surface area contributed by atoms with Crippen LogP contribution in [0.4, 0.5) is 0 Å². The highest BCUT2D eigenvalue weighted by Gasteiger charge is 2.48. The topological polar surface area (TPSA) is 230 Å². The summed E-state index contributed by atoms with van der Waals surface area (Å²) in [7, 11) is 0. The summed E-state index contributed by atoms with van der Waals surface area (Å²) in [6, 6.07) is 0. The minimum atomic E-state index is -1.87. The number of hydrogen-bond donors (Lipinski definition) is 10. The van der Waals surface area contributed by atoms with Gasteiger partial charge in [-0.1, -0.05) is 0 Å². The van der Waals surface area contributed by atoms with Crippen LogP contribution in [0.1, 0.15) is 0 Å². The number of ether oxygens (including phenoxy) is 3. The molecule has 0 amide bonds. The predicted molar refractivity (Wildman–Crippen MR) is 80.6 cm³/mol. The van der Waals surface area contributed by atoms with Gasteiger partial charge in [0.15, 0.2) is 12.6 Å². The minimum Gasteiger partial charge on any atom is -0.394 e. The Bertz CT molecular complexity index is 466. The molecule has 10 N–H and O–H groups in total. The molecule has 13 nitrogen and oxygen atoms in total. The Labute approximate surface area is 153 Å². The summed E-state index contributed by atoms with van der Waals surface area (Å²) in [5.74, 6) is 0. The van der Waals surface area contributed by atoms with Gasteiger partial charge in [-0.15, -0.1) is 0 Å². The minimum absolute atomic E-state index is 0.691. The van der Waals surface area contributed by atoms with Crippen LogP contribution in [0.25, 0.3) is 0 Å². The van der Waals surface area contributed by atoms with E-state index in [1.165, 1.54) is 0 Å². The third kappa shape index (κ3) is 4.73. The molecule has 2 heterocycles. The van der Waals surface area contributed by atoms with E-state index in [0.717, 1.165) is 0 Å². The van der Waals surface area contributed by atoms with Crippen LogP contribution in [0.3, 0.4) is 0 Å². The van der Waals surface area contributed by atoms with E-state index in [9.17, 15) is 46.0 Å². The van der Waals surface area contributed by atoms with Gasteiger partial charge in [0, 0.05) is 0 Å². The second-order valence-electron chi connectivity index (χ2n) is 6.55.